The third kappa shape index (κ3) is 4.16. The van der Waals surface area contributed by atoms with E-state index >= 15 is 0 Å². The van der Waals surface area contributed by atoms with E-state index in [1.807, 2.05) is 0 Å². The fourth-order valence-electron chi connectivity index (χ4n) is 3.00. The summed E-state index contributed by atoms with van der Waals surface area (Å²) in [7, 11) is -3.19. The number of nitrogens with zero attached hydrogens (tertiary/aromatic N) is 1. The number of halogens is 1. The first-order chi connectivity index (χ1) is 10.6. The van der Waals surface area contributed by atoms with E-state index in [9.17, 15) is 13.2 Å². The average Bonchev–Trinajstić information content (AvgIpc) is 2.88. The SMILES string of the molecule is Cl.O=C(Nc1cccc(N2CCCS2(=O)=O)c1)C1CCNCC1. The van der Waals surface area contributed by atoms with Gasteiger partial charge in [-0.05, 0) is 50.6 Å². The second kappa shape index (κ2) is 7.51. The third-order valence-electron chi connectivity index (χ3n) is 4.21. The van der Waals surface area contributed by atoms with Crippen molar-refractivity contribution in [2.24, 2.45) is 5.92 Å². The Kier molecular flexibility index (Phi) is 5.89. The molecule has 3 rings (SSSR count). The minimum absolute atomic E-state index is 0. The molecule has 0 aliphatic carbocycles. The highest BCUT2D eigenvalue weighted by Gasteiger charge is 2.28. The van der Waals surface area contributed by atoms with Gasteiger partial charge < -0.3 is 10.6 Å². The zero-order valence-electron chi connectivity index (χ0n) is 12.8. The number of sulfonamides is 1. The number of piperidine rings is 1. The first-order valence-corrected chi connectivity index (χ1v) is 9.29. The molecule has 6 nitrogen and oxygen atoms in total. The summed E-state index contributed by atoms with van der Waals surface area (Å²) in [6.07, 6.45) is 2.33. The Morgan fingerprint density at radius 1 is 1.26 bits per heavy atom. The normalized spacial score (nSPS) is 20.8. The quantitative estimate of drug-likeness (QED) is 0.859. The summed E-state index contributed by atoms with van der Waals surface area (Å²) < 4.78 is 25.4. The maximum Gasteiger partial charge on any atom is 0.235 e. The molecule has 2 saturated heterocycles. The highest BCUT2D eigenvalue weighted by atomic mass is 35.5. The van der Waals surface area contributed by atoms with E-state index < -0.39 is 10.0 Å². The van der Waals surface area contributed by atoms with Gasteiger partial charge in [-0.1, -0.05) is 6.07 Å². The van der Waals surface area contributed by atoms with Gasteiger partial charge in [0.05, 0.1) is 11.4 Å². The number of anilines is 2. The number of carbonyl (C=O) groups is 1. The highest BCUT2D eigenvalue weighted by molar-refractivity contribution is 7.93. The molecular weight excluding hydrogens is 338 g/mol. The summed E-state index contributed by atoms with van der Waals surface area (Å²) in [5.41, 5.74) is 1.28. The van der Waals surface area contributed by atoms with Crippen molar-refractivity contribution in [2.45, 2.75) is 19.3 Å². The molecule has 8 heteroatoms. The summed E-state index contributed by atoms with van der Waals surface area (Å²) in [4.78, 5) is 12.3. The number of amides is 1. The van der Waals surface area contributed by atoms with E-state index in [0.29, 0.717) is 24.3 Å². The van der Waals surface area contributed by atoms with Crippen LogP contribution in [0.25, 0.3) is 0 Å². The Hall–Kier alpha value is -1.31. The van der Waals surface area contributed by atoms with Crippen LogP contribution in [0.2, 0.25) is 0 Å². The molecule has 0 atom stereocenters. The smallest absolute Gasteiger partial charge is 0.235 e. The van der Waals surface area contributed by atoms with Crippen LogP contribution < -0.4 is 14.9 Å². The van der Waals surface area contributed by atoms with Crippen LogP contribution in [0.4, 0.5) is 11.4 Å². The Labute approximate surface area is 143 Å². The van der Waals surface area contributed by atoms with Crippen LogP contribution in [0.5, 0.6) is 0 Å². The van der Waals surface area contributed by atoms with Gasteiger partial charge in [-0.25, -0.2) is 8.42 Å². The standard InChI is InChI=1S/C15H21N3O3S.ClH/c19-15(12-5-7-16-8-6-12)17-13-3-1-4-14(11-13)18-9-2-10-22(18,20)21;/h1,3-4,11-12,16H,2,5-10H2,(H,17,19);1H. The maximum absolute atomic E-state index is 12.3. The number of hydrogen-bond donors (Lipinski definition) is 2. The van der Waals surface area contributed by atoms with Crippen molar-refractivity contribution >= 4 is 39.7 Å². The second-order valence-corrected chi connectivity index (χ2v) is 7.82. The maximum atomic E-state index is 12.3. The predicted molar refractivity (Wildman–Crippen MR) is 93.7 cm³/mol. The lowest BCUT2D eigenvalue weighted by atomic mass is 9.97. The fraction of sp³-hybridized carbons (Fsp3) is 0.533. The van der Waals surface area contributed by atoms with Crippen molar-refractivity contribution < 1.29 is 13.2 Å². The van der Waals surface area contributed by atoms with Crippen molar-refractivity contribution in [3.63, 3.8) is 0 Å². The predicted octanol–water partition coefficient (Wildman–Crippen LogP) is 1.59. The van der Waals surface area contributed by atoms with Crippen molar-refractivity contribution in [3.8, 4) is 0 Å². The summed E-state index contributed by atoms with van der Waals surface area (Å²) in [5.74, 6) is 0.238. The van der Waals surface area contributed by atoms with Gasteiger partial charge in [0.25, 0.3) is 0 Å². The van der Waals surface area contributed by atoms with Gasteiger partial charge in [0, 0.05) is 18.2 Å². The average molecular weight is 360 g/mol. The van der Waals surface area contributed by atoms with E-state index in [2.05, 4.69) is 10.6 Å². The lowest BCUT2D eigenvalue weighted by Crippen LogP contribution is -2.34. The molecule has 2 N–H and O–H groups in total. The number of benzene rings is 1. The Bertz CT molecular complexity index is 660. The minimum atomic E-state index is -3.19. The van der Waals surface area contributed by atoms with Crippen molar-refractivity contribution in [2.75, 3.05) is 35.0 Å². The molecule has 0 radical (unpaired) electrons. The first-order valence-electron chi connectivity index (χ1n) is 7.68. The zero-order chi connectivity index (χ0) is 15.6. The molecule has 1 aromatic rings. The Morgan fingerprint density at radius 2 is 2.00 bits per heavy atom. The molecule has 2 aliphatic heterocycles. The molecule has 23 heavy (non-hydrogen) atoms. The third-order valence-corrected chi connectivity index (χ3v) is 6.08. The highest BCUT2D eigenvalue weighted by Crippen LogP contribution is 2.27. The zero-order valence-corrected chi connectivity index (χ0v) is 14.5. The first kappa shape index (κ1) is 18.0. The molecule has 2 aliphatic rings. The molecule has 0 spiro atoms. The molecule has 1 aromatic carbocycles. The van der Waals surface area contributed by atoms with Gasteiger partial charge in [0.15, 0.2) is 0 Å². The Morgan fingerprint density at radius 3 is 2.65 bits per heavy atom. The van der Waals surface area contributed by atoms with Crippen LogP contribution in [-0.2, 0) is 14.8 Å². The molecule has 0 aromatic heterocycles. The Balaban J connectivity index is 0.00000192. The molecule has 0 unspecified atom stereocenters. The van der Waals surface area contributed by atoms with E-state index in [-0.39, 0.29) is 30.0 Å². The van der Waals surface area contributed by atoms with Gasteiger partial charge in [0.1, 0.15) is 0 Å². The summed E-state index contributed by atoms with van der Waals surface area (Å²) in [6.45, 7) is 2.24. The van der Waals surface area contributed by atoms with Gasteiger partial charge in [0.2, 0.25) is 15.9 Å². The molecule has 2 heterocycles. The van der Waals surface area contributed by atoms with Gasteiger partial charge in [-0.3, -0.25) is 9.10 Å². The van der Waals surface area contributed by atoms with Crippen LogP contribution in [-0.4, -0.2) is 39.7 Å². The summed E-state index contributed by atoms with van der Waals surface area (Å²) >= 11 is 0. The largest absolute Gasteiger partial charge is 0.326 e. The van der Waals surface area contributed by atoms with Crippen LogP contribution in [0, 0.1) is 5.92 Å². The van der Waals surface area contributed by atoms with Crippen molar-refractivity contribution in [3.05, 3.63) is 24.3 Å². The van der Waals surface area contributed by atoms with Gasteiger partial charge in [-0.2, -0.15) is 0 Å². The molecule has 1 amide bonds. The summed E-state index contributed by atoms with van der Waals surface area (Å²) in [6, 6.07) is 7.08. The van der Waals surface area contributed by atoms with E-state index in [4.69, 9.17) is 0 Å². The molecule has 128 valence electrons. The summed E-state index contributed by atoms with van der Waals surface area (Å²) in [5, 5.41) is 6.15. The fourth-order valence-corrected chi connectivity index (χ4v) is 4.55. The molecule has 0 bridgehead atoms. The number of carbonyl (C=O) groups excluding carboxylic acids is 1. The van der Waals surface area contributed by atoms with E-state index in [1.165, 1.54) is 4.31 Å². The second-order valence-electron chi connectivity index (χ2n) is 5.81. The van der Waals surface area contributed by atoms with Gasteiger partial charge >= 0.3 is 0 Å². The van der Waals surface area contributed by atoms with Crippen LogP contribution >= 0.6 is 12.4 Å². The molecular formula is C15H22ClN3O3S. The number of rotatable bonds is 3. The van der Waals surface area contributed by atoms with Crippen LogP contribution in [0.1, 0.15) is 19.3 Å². The van der Waals surface area contributed by atoms with E-state index in [0.717, 1.165) is 25.9 Å². The minimum Gasteiger partial charge on any atom is -0.326 e. The van der Waals surface area contributed by atoms with Crippen molar-refractivity contribution in [1.82, 2.24) is 5.32 Å². The van der Waals surface area contributed by atoms with Crippen LogP contribution in [0.3, 0.4) is 0 Å². The van der Waals surface area contributed by atoms with Crippen molar-refractivity contribution in [1.29, 1.82) is 0 Å². The monoisotopic (exact) mass is 359 g/mol. The topological polar surface area (TPSA) is 78.5 Å². The van der Waals surface area contributed by atoms with Crippen LogP contribution in [0.15, 0.2) is 24.3 Å². The number of hydrogen-bond acceptors (Lipinski definition) is 4. The molecule has 0 saturated carbocycles. The van der Waals surface area contributed by atoms with Gasteiger partial charge in [-0.15, -0.1) is 12.4 Å². The lowest BCUT2D eigenvalue weighted by molar-refractivity contribution is -0.120. The molecule has 2 fully saturated rings. The van der Waals surface area contributed by atoms with E-state index in [1.54, 1.807) is 24.3 Å². The lowest BCUT2D eigenvalue weighted by Gasteiger charge is -2.22. The number of nitrogens with one attached hydrogen (secondary N) is 2.